The molecule has 0 spiro atoms. The van der Waals surface area contributed by atoms with Gasteiger partial charge in [-0.3, -0.25) is 0 Å². The van der Waals surface area contributed by atoms with Crippen molar-refractivity contribution in [1.82, 2.24) is 30.0 Å². The van der Waals surface area contributed by atoms with Crippen LogP contribution in [0.4, 0.5) is 5.82 Å². The van der Waals surface area contributed by atoms with E-state index >= 15 is 0 Å². The molecule has 2 heterocycles. The van der Waals surface area contributed by atoms with E-state index in [-0.39, 0.29) is 0 Å². The van der Waals surface area contributed by atoms with Crippen molar-refractivity contribution in [2.45, 2.75) is 0 Å². The highest BCUT2D eigenvalue weighted by Gasteiger charge is 2.15. The predicted octanol–water partition coefficient (Wildman–Crippen LogP) is 0.645. The Bertz CT molecular complexity index is 668. The molecular formula is C11H11N7. The normalized spacial score (nSPS) is 10.7. The highest BCUT2D eigenvalue weighted by atomic mass is 15.5. The minimum Gasteiger partial charge on any atom is -0.383 e. The molecule has 2 N–H and O–H groups in total. The maximum Gasteiger partial charge on any atom is 0.187 e. The number of anilines is 1. The van der Waals surface area contributed by atoms with Crippen LogP contribution in [0.1, 0.15) is 0 Å². The number of aromatic nitrogens is 6. The SMILES string of the molecule is Cn1nnnc1-c1cnn(-c2ccccc2)c1N. The Balaban J connectivity index is 2.12. The molecule has 90 valence electrons. The molecule has 0 amide bonds. The summed E-state index contributed by atoms with van der Waals surface area (Å²) in [6.45, 7) is 0. The van der Waals surface area contributed by atoms with Crippen LogP contribution in [0.2, 0.25) is 0 Å². The van der Waals surface area contributed by atoms with Crippen molar-refractivity contribution in [1.29, 1.82) is 0 Å². The number of nitrogens with two attached hydrogens (primary N) is 1. The fourth-order valence-electron chi connectivity index (χ4n) is 1.76. The Morgan fingerprint density at radius 1 is 1.17 bits per heavy atom. The zero-order chi connectivity index (χ0) is 12.5. The molecule has 0 fully saturated rings. The lowest BCUT2D eigenvalue weighted by Gasteiger charge is -2.04. The van der Waals surface area contributed by atoms with Crippen LogP contribution in [-0.2, 0) is 7.05 Å². The lowest BCUT2D eigenvalue weighted by molar-refractivity contribution is 0.715. The van der Waals surface area contributed by atoms with Crippen LogP contribution in [0.3, 0.4) is 0 Å². The van der Waals surface area contributed by atoms with Gasteiger partial charge in [0.2, 0.25) is 0 Å². The predicted molar refractivity (Wildman–Crippen MR) is 65.8 cm³/mol. The molecule has 0 unspecified atom stereocenters. The molecule has 1 aromatic carbocycles. The van der Waals surface area contributed by atoms with E-state index in [4.69, 9.17) is 5.73 Å². The molecule has 0 saturated carbocycles. The topological polar surface area (TPSA) is 87.4 Å². The number of tetrazole rings is 1. The minimum atomic E-state index is 0.513. The summed E-state index contributed by atoms with van der Waals surface area (Å²) in [7, 11) is 1.76. The average molecular weight is 241 g/mol. The van der Waals surface area contributed by atoms with Gasteiger partial charge < -0.3 is 5.73 Å². The summed E-state index contributed by atoms with van der Waals surface area (Å²) in [6.07, 6.45) is 1.66. The van der Waals surface area contributed by atoms with Gasteiger partial charge >= 0.3 is 0 Å². The number of aryl methyl sites for hydroxylation is 1. The van der Waals surface area contributed by atoms with Crippen LogP contribution in [0, 0.1) is 0 Å². The van der Waals surface area contributed by atoms with Crippen LogP contribution < -0.4 is 5.73 Å². The Kier molecular flexibility index (Phi) is 2.30. The zero-order valence-corrected chi connectivity index (χ0v) is 9.72. The van der Waals surface area contributed by atoms with Gasteiger partial charge in [0.1, 0.15) is 5.82 Å². The van der Waals surface area contributed by atoms with Crippen LogP contribution in [0.5, 0.6) is 0 Å². The average Bonchev–Trinajstić information content (AvgIpc) is 2.96. The molecule has 7 heteroatoms. The first kappa shape index (κ1) is 10.5. The van der Waals surface area contributed by atoms with Crippen LogP contribution >= 0.6 is 0 Å². The highest BCUT2D eigenvalue weighted by Crippen LogP contribution is 2.24. The summed E-state index contributed by atoms with van der Waals surface area (Å²) >= 11 is 0. The Morgan fingerprint density at radius 2 is 1.94 bits per heavy atom. The molecule has 3 rings (SSSR count). The van der Waals surface area contributed by atoms with Gasteiger partial charge in [0, 0.05) is 7.05 Å². The van der Waals surface area contributed by atoms with E-state index in [2.05, 4.69) is 20.6 Å². The standard InChI is InChI=1S/C11H11N7/c1-17-11(14-15-16-17)9-7-13-18(10(9)12)8-5-3-2-4-6-8/h2-7H,12H2,1H3. The van der Waals surface area contributed by atoms with E-state index in [1.165, 1.54) is 0 Å². The van der Waals surface area contributed by atoms with Crippen molar-refractivity contribution in [2.75, 3.05) is 5.73 Å². The fourth-order valence-corrected chi connectivity index (χ4v) is 1.76. The van der Waals surface area contributed by atoms with E-state index < -0.39 is 0 Å². The number of hydrogen-bond donors (Lipinski definition) is 1. The third-order valence-corrected chi connectivity index (χ3v) is 2.67. The first-order valence-corrected chi connectivity index (χ1v) is 5.39. The third-order valence-electron chi connectivity index (χ3n) is 2.67. The summed E-state index contributed by atoms with van der Waals surface area (Å²) in [4.78, 5) is 0. The molecule has 0 aliphatic heterocycles. The van der Waals surface area contributed by atoms with E-state index in [1.54, 1.807) is 22.6 Å². The van der Waals surface area contributed by atoms with Crippen LogP contribution in [-0.4, -0.2) is 30.0 Å². The van der Waals surface area contributed by atoms with Gasteiger partial charge in [0.05, 0.1) is 17.4 Å². The lowest BCUT2D eigenvalue weighted by atomic mass is 10.3. The number of hydrogen-bond acceptors (Lipinski definition) is 5. The number of rotatable bonds is 2. The first-order valence-electron chi connectivity index (χ1n) is 5.39. The smallest absolute Gasteiger partial charge is 0.187 e. The number of para-hydroxylation sites is 1. The second kappa shape index (κ2) is 3.95. The summed E-state index contributed by atoms with van der Waals surface area (Å²) in [5.41, 5.74) is 7.70. The fraction of sp³-hybridized carbons (Fsp3) is 0.0909. The van der Waals surface area contributed by atoms with E-state index in [1.807, 2.05) is 30.3 Å². The molecule has 7 nitrogen and oxygen atoms in total. The van der Waals surface area contributed by atoms with E-state index in [0.29, 0.717) is 17.2 Å². The van der Waals surface area contributed by atoms with Gasteiger partial charge in [-0.1, -0.05) is 18.2 Å². The van der Waals surface area contributed by atoms with Gasteiger partial charge in [-0.2, -0.15) is 5.10 Å². The van der Waals surface area contributed by atoms with E-state index in [9.17, 15) is 0 Å². The lowest BCUT2D eigenvalue weighted by Crippen LogP contribution is -2.03. The first-order chi connectivity index (χ1) is 8.77. The molecule has 0 aliphatic rings. The molecular weight excluding hydrogens is 230 g/mol. The largest absolute Gasteiger partial charge is 0.383 e. The van der Waals surface area contributed by atoms with Crippen LogP contribution in [0.25, 0.3) is 17.1 Å². The molecule has 3 aromatic rings. The molecule has 0 atom stereocenters. The van der Waals surface area contributed by atoms with Gasteiger partial charge in [-0.25, -0.2) is 9.36 Å². The monoisotopic (exact) mass is 241 g/mol. The van der Waals surface area contributed by atoms with Crippen molar-refractivity contribution in [3.05, 3.63) is 36.5 Å². The quantitative estimate of drug-likeness (QED) is 0.711. The van der Waals surface area contributed by atoms with Crippen molar-refractivity contribution < 1.29 is 0 Å². The molecule has 2 aromatic heterocycles. The molecule has 0 saturated heterocycles. The second-order valence-corrected chi connectivity index (χ2v) is 3.82. The van der Waals surface area contributed by atoms with Crippen molar-refractivity contribution in [3.8, 4) is 17.1 Å². The minimum absolute atomic E-state index is 0.513. The van der Waals surface area contributed by atoms with Crippen LogP contribution in [0.15, 0.2) is 36.5 Å². The molecule has 0 radical (unpaired) electrons. The third kappa shape index (κ3) is 1.53. The van der Waals surface area contributed by atoms with Crippen molar-refractivity contribution >= 4 is 5.82 Å². The van der Waals surface area contributed by atoms with Gasteiger partial charge in [-0.15, -0.1) is 5.10 Å². The van der Waals surface area contributed by atoms with Gasteiger partial charge in [-0.05, 0) is 22.6 Å². The number of benzene rings is 1. The highest BCUT2D eigenvalue weighted by molar-refractivity contribution is 5.69. The Morgan fingerprint density at radius 3 is 2.61 bits per heavy atom. The summed E-state index contributed by atoms with van der Waals surface area (Å²) in [6, 6.07) is 9.67. The summed E-state index contributed by atoms with van der Waals surface area (Å²) in [5.74, 6) is 1.11. The Labute approximate surface area is 103 Å². The van der Waals surface area contributed by atoms with Gasteiger partial charge in [0.25, 0.3) is 0 Å². The van der Waals surface area contributed by atoms with Crippen molar-refractivity contribution in [3.63, 3.8) is 0 Å². The molecule has 0 bridgehead atoms. The Hall–Kier alpha value is -2.70. The maximum absolute atomic E-state index is 6.09. The zero-order valence-electron chi connectivity index (χ0n) is 9.72. The summed E-state index contributed by atoms with van der Waals surface area (Å²) in [5, 5.41) is 15.6. The molecule has 18 heavy (non-hydrogen) atoms. The van der Waals surface area contributed by atoms with E-state index in [0.717, 1.165) is 5.69 Å². The number of nitrogen functional groups attached to an aromatic ring is 1. The maximum atomic E-state index is 6.09. The number of nitrogens with zero attached hydrogens (tertiary/aromatic N) is 6. The summed E-state index contributed by atoms with van der Waals surface area (Å²) < 4.78 is 3.22. The second-order valence-electron chi connectivity index (χ2n) is 3.82. The molecule has 0 aliphatic carbocycles. The van der Waals surface area contributed by atoms with Crippen molar-refractivity contribution in [2.24, 2.45) is 7.05 Å². The van der Waals surface area contributed by atoms with Gasteiger partial charge in [0.15, 0.2) is 5.82 Å².